The lowest BCUT2D eigenvalue weighted by atomic mass is 9.88. The molecule has 1 aliphatic carbocycles. The molecule has 1 aromatic heterocycles. The minimum absolute atomic E-state index is 0.0261. The highest BCUT2D eigenvalue weighted by Gasteiger charge is 2.55. The molecule has 8 nitrogen and oxygen atoms in total. The maximum absolute atomic E-state index is 13.8. The molecule has 204 valence electrons. The van der Waals surface area contributed by atoms with Crippen LogP contribution in [0, 0.1) is 5.82 Å². The van der Waals surface area contributed by atoms with Gasteiger partial charge in [-0.05, 0) is 67.1 Å². The zero-order chi connectivity index (χ0) is 27.5. The summed E-state index contributed by atoms with van der Waals surface area (Å²) in [5, 5.41) is 18.0. The van der Waals surface area contributed by atoms with Gasteiger partial charge in [0.2, 0.25) is 17.4 Å². The molecule has 1 fully saturated rings. The molecule has 0 spiro atoms. The molecule has 3 N–H and O–H groups in total. The summed E-state index contributed by atoms with van der Waals surface area (Å²) in [5.41, 5.74) is 1.09. The second-order valence-corrected chi connectivity index (χ2v) is 11.5. The van der Waals surface area contributed by atoms with Crippen LogP contribution < -0.4 is 10.0 Å². The number of aliphatic hydroxyl groups is 1. The fourth-order valence-electron chi connectivity index (χ4n) is 4.53. The van der Waals surface area contributed by atoms with E-state index in [0.717, 1.165) is 46.8 Å². The molecule has 1 aliphatic heterocycles. The summed E-state index contributed by atoms with van der Waals surface area (Å²) in [4.78, 5) is -0.249. The van der Waals surface area contributed by atoms with E-state index in [2.05, 4.69) is 10.2 Å². The molecule has 0 bridgehead atoms. The molecule has 2 aromatic carbocycles. The first-order chi connectivity index (χ1) is 17.8. The van der Waals surface area contributed by atoms with Crippen LogP contribution in [-0.2, 0) is 34.0 Å². The smallest absolute Gasteiger partial charge is 0.423 e. The Morgan fingerprint density at radius 1 is 1.13 bits per heavy atom. The van der Waals surface area contributed by atoms with E-state index in [-0.39, 0.29) is 47.2 Å². The third kappa shape index (κ3) is 4.43. The largest absolute Gasteiger partial charge is 0.424 e. The van der Waals surface area contributed by atoms with Crippen molar-refractivity contribution in [2.45, 2.75) is 60.4 Å². The lowest BCUT2D eigenvalue weighted by Crippen LogP contribution is -2.46. The molecule has 3 aromatic rings. The molecule has 1 saturated carbocycles. The second kappa shape index (κ2) is 8.99. The van der Waals surface area contributed by atoms with Gasteiger partial charge in [0.15, 0.2) is 0 Å². The van der Waals surface area contributed by atoms with E-state index in [0.29, 0.717) is 12.8 Å². The summed E-state index contributed by atoms with van der Waals surface area (Å²) in [6.45, 7) is -2.11. The minimum Gasteiger partial charge on any atom is -0.423 e. The van der Waals surface area contributed by atoms with Gasteiger partial charge < -0.3 is 15.3 Å². The molecule has 5 rings (SSSR count). The van der Waals surface area contributed by atoms with Crippen molar-refractivity contribution in [2.75, 3.05) is 11.0 Å². The molecule has 0 saturated heterocycles. The van der Waals surface area contributed by atoms with E-state index in [9.17, 15) is 35.5 Å². The molecule has 2 heterocycles. The third-order valence-corrected chi connectivity index (χ3v) is 8.88. The SMILES string of the molecule is NC1(c2nnc(C[C@@H]3CCc4cc(C(O)(CF)C(F)(F)F)ccc4N3S(=O)(=O)c3ccc(F)cc3)o2)CC1. The predicted octanol–water partition coefficient (Wildman–Crippen LogP) is 3.63. The van der Waals surface area contributed by atoms with Gasteiger partial charge in [0.05, 0.1) is 22.2 Å². The van der Waals surface area contributed by atoms with E-state index in [1.165, 1.54) is 0 Å². The summed E-state index contributed by atoms with van der Waals surface area (Å²) in [6, 6.07) is 6.20. The lowest BCUT2D eigenvalue weighted by Gasteiger charge is -2.38. The molecule has 1 unspecified atom stereocenters. The van der Waals surface area contributed by atoms with Crippen LogP contribution in [0.2, 0.25) is 0 Å². The van der Waals surface area contributed by atoms with Gasteiger partial charge in [0.25, 0.3) is 10.0 Å². The number of rotatable bonds is 7. The molecule has 38 heavy (non-hydrogen) atoms. The van der Waals surface area contributed by atoms with Crippen LogP contribution in [0.5, 0.6) is 0 Å². The van der Waals surface area contributed by atoms with E-state index < -0.39 is 51.4 Å². The molecular weight excluding hydrogens is 535 g/mol. The average molecular weight is 559 g/mol. The first kappa shape index (κ1) is 26.5. The number of sulfonamides is 1. The number of hydrogen-bond donors (Lipinski definition) is 2. The van der Waals surface area contributed by atoms with Crippen LogP contribution in [0.4, 0.5) is 27.6 Å². The Labute approximate surface area is 214 Å². The van der Waals surface area contributed by atoms with Crippen LogP contribution in [-0.4, -0.2) is 42.6 Å². The highest BCUT2D eigenvalue weighted by Crippen LogP contribution is 2.44. The molecule has 14 heteroatoms. The van der Waals surface area contributed by atoms with Crippen molar-refractivity contribution in [2.24, 2.45) is 5.73 Å². The van der Waals surface area contributed by atoms with Crippen LogP contribution in [0.1, 0.15) is 42.2 Å². The Kier molecular flexibility index (Phi) is 6.27. The lowest BCUT2D eigenvalue weighted by molar-refractivity contribution is -0.271. The number of aryl methyl sites for hydroxylation is 1. The summed E-state index contributed by atoms with van der Waals surface area (Å²) < 4.78 is 102. The van der Waals surface area contributed by atoms with E-state index in [4.69, 9.17) is 10.2 Å². The summed E-state index contributed by atoms with van der Waals surface area (Å²) in [6.07, 6.45) is -3.75. The highest BCUT2D eigenvalue weighted by atomic mass is 32.2. The maximum atomic E-state index is 13.8. The molecule has 2 aliphatic rings. The fourth-order valence-corrected chi connectivity index (χ4v) is 6.25. The van der Waals surface area contributed by atoms with E-state index >= 15 is 0 Å². The van der Waals surface area contributed by atoms with Crippen molar-refractivity contribution >= 4 is 15.7 Å². The average Bonchev–Trinajstić information content (AvgIpc) is 3.44. The first-order valence-corrected chi connectivity index (χ1v) is 13.1. The summed E-state index contributed by atoms with van der Waals surface area (Å²) in [5.74, 6) is -0.292. The number of hydrogen-bond acceptors (Lipinski definition) is 7. The number of nitrogens with zero attached hydrogens (tertiary/aromatic N) is 3. The monoisotopic (exact) mass is 558 g/mol. The Bertz CT molecular complexity index is 1460. The Balaban J connectivity index is 1.57. The van der Waals surface area contributed by atoms with Crippen molar-refractivity contribution < 1.29 is 39.9 Å². The van der Waals surface area contributed by atoms with E-state index in [1.54, 1.807) is 0 Å². The van der Waals surface area contributed by atoms with Crippen molar-refractivity contribution in [1.82, 2.24) is 10.2 Å². The number of alkyl halides is 4. The van der Waals surface area contributed by atoms with Gasteiger partial charge >= 0.3 is 6.18 Å². The third-order valence-electron chi connectivity index (χ3n) is 7.00. The normalized spacial score (nSPS) is 20.6. The van der Waals surface area contributed by atoms with Gasteiger partial charge in [-0.2, -0.15) is 13.2 Å². The maximum Gasteiger partial charge on any atom is 0.424 e. The zero-order valence-corrected chi connectivity index (χ0v) is 20.6. The van der Waals surface area contributed by atoms with Gasteiger partial charge in [-0.1, -0.05) is 12.1 Å². The number of nitrogens with two attached hydrogens (primary N) is 1. The standard InChI is InChI=1S/C24H23F5N4O4S/c25-13-23(34,24(27,28)29)15-2-8-19-14(11-15)1-5-17(12-20-31-32-21(37-20)22(30)9-10-22)33(19)38(35,36)18-6-3-16(26)4-7-18/h2-4,6-8,11,17,34H,1,5,9-10,12-13,30H2/t17-,23?/m0/s1. The quantitative estimate of drug-likeness (QED) is 0.425. The molecule has 0 amide bonds. The topological polar surface area (TPSA) is 123 Å². The predicted molar refractivity (Wildman–Crippen MR) is 124 cm³/mol. The fraction of sp³-hybridized carbons (Fsp3) is 0.417. The number of anilines is 1. The first-order valence-electron chi connectivity index (χ1n) is 11.7. The van der Waals surface area contributed by atoms with Crippen LogP contribution in [0.3, 0.4) is 0 Å². The van der Waals surface area contributed by atoms with Crippen molar-refractivity contribution in [3.05, 3.63) is 71.2 Å². The Morgan fingerprint density at radius 3 is 2.42 bits per heavy atom. The minimum atomic E-state index is -5.30. The molecule has 0 radical (unpaired) electrons. The van der Waals surface area contributed by atoms with Crippen molar-refractivity contribution in [1.29, 1.82) is 0 Å². The van der Waals surface area contributed by atoms with Crippen LogP contribution in [0.25, 0.3) is 0 Å². The summed E-state index contributed by atoms with van der Waals surface area (Å²) in [7, 11) is -4.36. The Hall–Kier alpha value is -3.10. The van der Waals surface area contributed by atoms with Crippen LogP contribution >= 0.6 is 0 Å². The van der Waals surface area contributed by atoms with Gasteiger partial charge in [-0.25, -0.2) is 17.2 Å². The van der Waals surface area contributed by atoms with Crippen molar-refractivity contribution in [3.8, 4) is 0 Å². The van der Waals surface area contributed by atoms with E-state index in [1.807, 2.05) is 0 Å². The molecular formula is C24H23F5N4O4S. The van der Waals surface area contributed by atoms with Gasteiger partial charge in [-0.15, -0.1) is 10.2 Å². The van der Waals surface area contributed by atoms with Gasteiger partial charge in [-0.3, -0.25) is 4.31 Å². The van der Waals surface area contributed by atoms with Crippen molar-refractivity contribution in [3.63, 3.8) is 0 Å². The number of benzene rings is 2. The highest BCUT2D eigenvalue weighted by molar-refractivity contribution is 7.92. The zero-order valence-electron chi connectivity index (χ0n) is 19.8. The Morgan fingerprint density at radius 2 is 1.82 bits per heavy atom. The van der Waals surface area contributed by atoms with Gasteiger partial charge in [0.1, 0.15) is 12.5 Å². The second-order valence-electron chi connectivity index (χ2n) is 9.64. The number of halogens is 5. The van der Waals surface area contributed by atoms with Crippen LogP contribution in [0.15, 0.2) is 51.8 Å². The van der Waals surface area contributed by atoms with Gasteiger partial charge in [0, 0.05) is 6.42 Å². The molecule has 2 atom stereocenters. The number of fused-ring (bicyclic) bond motifs is 1. The summed E-state index contributed by atoms with van der Waals surface area (Å²) >= 11 is 0. The number of aromatic nitrogens is 2.